The highest BCUT2D eigenvalue weighted by Crippen LogP contribution is 2.22. The summed E-state index contributed by atoms with van der Waals surface area (Å²) in [6, 6.07) is 5.82. The summed E-state index contributed by atoms with van der Waals surface area (Å²) in [4.78, 5) is 0. The predicted molar refractivity (Wildman–Crippen MR) is 78.1 cm³/mol. The van der Waals surface area contributed by atoms with Gasteiger partial charge in [-0.15, -0.1) is 16.7 Å². The van der Waals surface area contributed by atoms with Crippen molar-refractivity contribution >= 4 is 45.8 Å². The van der Waals surface area contributed by atoms with Crippen LogP contribution in [0.15, 0.2) is 24.4 Å². The van der Waals surface area contributed by atoms with E-state index in [9.17, 15) is 0 Å². The van der Waals surface area contributed by atoms with Crippen molar-refractivity contribution in [1.29, 1.82) is 0 Å². The lowest BCUT2D eigenvalue weighted by molar-refractivity contribution is 0.792. The topological polar surface area (TPSA) is 30.7 Å². The lowest BCUT2D eigenvalue weighted by Crippen LogP contribution is -1.96. The van der Waals surface area contributed by atoms with Crippen LogP contribution in [0.3, 0.4) is 0 Å². The number of hydrogen-bond donors (Lipinski definition) is 0. The summed E-state index contributed by atoms with van der Waals surface area (Å²) in [5.41, 5.74) is 1.77. The van der Waals surface area contributed by atoms with Crippen LogP contribution in [0.2, 0.25) is 5.02 Å². The van der Waals surface area contributed by atoms with Gasteiger partial charge in [0.2, 0.25) is 0 Å². The molecule has 6 heteroatoms. The molecule has 0 spiro atoms. The highest BCUT2D eigenvalue weighted by atomic mass is 127. The smallest absolute Gasteiger partial charge is 0.0850 e. The minimum Gasteiger partial charge on any atom is -0.219 e. The molecule has 0 unspecified atom stereocenters. The van der Waals surface area contributed by atoms with Gasteiger partial charge in [-0.3, -0.25) is 0 Å². The Morgan fingerprint density at radius 3 is 2.88 bits per heavy atom. The van der Waals surface area contributed by atoms with Crippen molar-refractivity contribution in [3.8, 4) is 5.69 Å². The maximum Gasteiger partial charge on any atom is 0.0850 e. The first kappa shape index (κ1) is 13.1. The van der Waals surface area contributed by atoms with E-state index in [4.69, 9.17) is 23.2 Å². The van der Waals surface area contributed by atoms with Gasteiger partial charge in [-0.05, 0) is 53.6 Å². The number of nitrogens with zero attached hydrogens (tertiary/aromatic N) is 3. The molecule has 0 atom stereocenters. The molecule has 0 aliphatic carbocycles. The van der Waals surface area contributed by atoms with Gasteiger partial charge in [0.1, 0.15) is 0 Å². The van der Waals surface area contributed by atoms with Crippen molar-refractivity contribution in [3.05, 3.63) is 38.7 Å². The summed E-state index contributed by atoms with van der Waals surface area (Å²) in [6.07, 6.45) is 3.63. The van der Waals surface area contributed by atoms with Gasteiger partial charge in [-0.2, -0.15) is 0 Å². The monoisotopic (exact) mass is 381 g/mol. The summed E-state index contributed by atoms with van der Waals surface area (Å²) in [7, 11) is 0. The molecule has 0 saturated heterocycles. The molecule has 2 rings (SSSR count). The van der Waals surface area contributed by atoms with Crippen LogP contribution in [0, 0.1) is 3.57 Å². The number of alkyl halides is 1. The molecule has 0 N–H and O–H groups in total. The normalized spacial score (nSPS) is 10.8. The number of aromatic nitrogens is 3. The number of aryl methyl sites for hydroxylation is 1. The summed E-state index contributed by atoms with van der Waals surface area (Å²) in [5, 5.41) is 8.83. The van der Waals surface area contributed by atoms with Crippen molar-refractivity contribution in [1.82, 2.24) is 15.0 Å². The van der Waals surface area contributed by atoms with Crippen LogP contribution >= 0.6 is 45.8 Å². The van der Waals surface area contributed by atoms with Crippen LogP contribution in [0.25, 0.3) is 5.69 Å². The maximum absolute atomic E-state index is 6.16. The van der Waals surface area contributed by atoms with Gasteiger partial charge in [0.05, 0.1) is 22.6 Å². The third-order valence-corrected chi connectivity index (χ3v) is 3.50. The molecular formula is C11H10Cl2IN3. The van der Waals surface area contributed by atoms with Gasteiger partial charge < -0.3 is 0 Å². The molecule has 90 valence electrons. The molecule has 3 nitrogen and oxygen atoms in total. The van der Waals surface area contributed by atoms with Gasteiger partial charge in [0.15, 0.2) is 0 Å². The second kappa shape index (κ2) is 6.02. The Balaban J connectivity index is 2.24. The third kappa shape index (κ3) is 3.33. The van der Waals surface area contributed by atoms with E-state index in [-0.39, 0.29) is 0 Å². The molecule has 0 fully saturated rings. The average Bonchev–Trinajstić information content (AvgIpc) is 2.75. The minimum absolute atomic E-state index is 0.636. The van der Waals surface area contributed by atoms with Crippen molar-refractivity contribution in [3.63, 3.8) is 0 Å². The largest absolute Gasteiger partial charge is 0.219 e. The van der Waals surface area contributed by atoms with E-state index >= 15 is 0 Å². The maximum atomic E-state index is 6.16. The van der Waals surface area contributed by atoms with Gasteiger partial charge in [-0.25, -0.2) is 4.68 Å². The fourth-order valence-electron chi connectivity index (χ4n) is 1.45. The fraction of sp³-hybridized carbons (Fsp3) is 0.273. The lowest BCUT2D eigenvalue weighted by Gasteiger charge is -2.02. The molecule has 0 amide bonds. The van der Waals surface area contributed by atoms with Crippen LogP contribution in [0.5, 0.6) is 0 Å². The first-order chi connectivity index (χ1) is 8.20. The summed E-state index contributed by atoms with van der Waals surface area (Å²) in [6.45, 7) is 0. The molecular weight excluding hydrogens is 372 g/mol. The molecule has 1 aromatic heterocycles. The summed E-state index contributed by atoms with van der Waals surface area (Å²) in [5.74, 6) is 0.636. The fourth-order valence-corrected chi connectivity index (χ4v) is 2.52. The molecule has 17 heavy (non-hydrogen) atoms. The number of hydrogen-bond acceptors (Lipinski definition) is 2. The van der Waals surface area contributed by atoms with Gasteiger partial charge in [-0.1, -0.05) is 16.8 Å². The first-order valence-electron chi connectivity index (χ1n) is 5.13. The standard InChI is InChI=1S/C11H10Cl2IN3/c12-5-1-2-9-7-17(16-15-9)11-4-3-8(14)6-10(11)13/h3-4,6-7H,1-2,5H2. The number of rotatable bonds is 4. The molecule has 0 radical (unpaired) electrons. The van der Waals surface area contributed by atoms with Crippen LogP contribution in [-0.2, 0) is 6.42 Å². The second-order valence-electron chi connectivity index (χ2n) is 3.54. The van der Waals surface area contributed by atoms with E-state index in [1.807, 2.05) is 24.4 Å². The SMILES string of the molecule is ClCCCc1cn(-c2ccc(I)cc2Cl)nn1. The molecule has 1 aromatic carbocycles. The molecule has 2 aromatic rings. The molecule has 0 aliphatic heterocycles. The molecule has 0 saturated carbocycles. The highest BCUT2D eigenvalue weighted by Gasteiger charge is 2.06. The van der Waals surface area contributed by atoms with Crippen molar-refractivity contribution in [2.24, 2.45) is 0 Å². The highest BCUT2D eigenvalue weighted by molar-refractivity contribution is 14.1. The number of benzene rings is 1. The van der Waals surface area contributed by atoms with Gasteiger partial charge >= 0.3 is 0 Å². The Morgan fingerprint density at radius 2 is 2.18 bits per heavy atom. The summed E-state index contributed by atoms with van der Waals surface area (Å²) >= 11 is 14.0. The van der Waals surface area contributed by atoms with Crippen molar-refractivity contribution in [2.45, 2.75) is 12.8 Å². The van der Waals surface area contributed by atoms with Crippen LogP contribution in [0.4, 0.5) is 0 Å². The molecule has 0 aliphatic rings. The van der Waals surface area contributed by atoms with Crippen molar-refractivity contribution < 1.29 is 0 Å². The third-order valence-electron chi connectivity index (χ3n) is 2.26. The zero-order valence-corrected chi connectivity index (χ0v) is 12.6. The Morgan fingerprint density at radius 1 is 1.35 bits per heavy atom. The minimum atomic E-state index is 0.636. The van der Waals surface area contributed by atoms with E-state index in [1.165, 1.54) is 0 Å². The van der Waals surface area contributed by atoms with E-state index in [2.05, 4.69) is 32.9 Å². The van der Waals surface area contributed by atoms with Crippen LogP contribution in [0.1, 0.15) is 12.1 Å². The van der Waals surface area contributed by atoms with E-state index in [1.54, 1.807) is 4.68 Å². The lowest BCUT2D eigenvalue weighted by atomic mass is 10.3. The van der Waals surface area contributed by atoms with Gasteiger partial charge in [0.25, 0.3) is 0 Å². The predicted octanol–water partition coefficient (Wildman–Crippen LogP) is 3.70. The van der Waals surface area contributed by atoms with E-state index in [0.29, 0.717) is 10.9 Å². The molecule has 0 bridgehead atoms. The Kier molecular flexibility index (Phi) is 4.64. The van der Waals surface area contributed by atoms with E-state index in [0.717, 1.165) is 27.8 Å². The summed E-state index contributed by atoms with van der Waals surface area (Å²) < 4.78 is 2.79. The first-order valence-corrected chi connectivity index (χ1v) is 7.12. The van der Waals surface area contributed by atoms with Crippen molar-refractivity contribution in [2.75, 3.05) is 5.88 Å². The Bertz CT molecular complexity index is 513. The van der Waals surface area contributed by atoms with Crippen LogP contribution in [-0.4, -0.2) is 20.9 Å². The zero-order chi connectivity index (χ0) is 12.3. The Labute approximate surface area is 123 Å². The quantitative estimate of drug-likeness (QED) is 0.597. The average molecular weight is 382 g/mol. The van der Waals surface area contributed by atoms with Gasteiger partial charge in [0, 0.05) is 9.45 Å². The number of halogens is 3. The van der Waals surface area contributed by atoms with E-state index < -0.39 is 0 Å². The zero-order valence-electron chi connectivity index (χ0n) is 8.91. The van der Waals surface area contributed by atoms with Crippen LogP contribution < -0.4 is 0 Å². The second-order valence-corrected chi connectivity index (χ2v) is 5.57. The molecule has 1 heterocycles. The Hall–Kier alpha value is -0.330.